The highest BCUT2D eigenvalue weighted by Gasteiger charge is 2.22. The molecule has 1 aliphatic heterocycles. The minimum atomic E-state index is -0.0923. The van der Waals surface area contributed by atoms with Crippen LogP contribution in [0.5, 0.6) is 5.75 Å². The number of hydrogen-bond donors (Lipinski definition) is 0. The van der Waals surface area contributed by atoms with Gasteiger partial charge in [-0.25, -0.2) is 15.0 Å². The summed E-state index contributed by atoms with van der Waals surface area (Å²) in [5.41, 5.74) is 2.44. The van der Waals surface area contributed by atoms with Crippen LogP contribution in [0.1, 0.15) is 76.8 Å². The first-order valence-corrected chi connectivity index (χ1v) is 14.7. The molecule has 0 atom stereocenters. The summed E-state index contributed by atoms with van der Waals surface area (Å²) in [6.07, 6.45) is 8.54. The van der Waals surface area contributed by atoms with Gasteiger partial charge in [-0.1, -0.05) is 34.1 Å². The Labute approximate surface area is 233 Å². The molecule has 8 heteroatoms. The fourth-order valence-electron chi connectivity index (χ4n) is 5.11. The number of fused-ring (bicyclic) bond motifs is 1. The van der Waals surface area contributed by atoms with Crippen LogP contribution in [0.3, 0.4) is 0 Å². The average molecular weight is 535 g/mol. The van der Waals surface area contributed by atoms with Crippen molar-refractivity contribution in [3.63, 3.8) is 0 Å². The molecule has 3 heterocycles. The number of ether oxygens (including phenoxy) is 1. The first kappa shape index (κ1) is 29.0. The van der Waals surface area contributed by atoms with Crippen molar-refractivity contribution in [1.29, 1.82) is 0 Å². The Morgan fingerprint density at radius 3 is 2.23 bits per heavy atom. The zero-order valence-electron chi connectivity index (χ0n) is 24.5. The van der Waals surface area contributed by atoms with Crippen molar-refractivity contribution >= 4 is 17.1 Å². The Hall–Kier alpha value is -3.00. The molecule has 4 rings (SSSR count). The number of nitrogens with zero attached hydrogens (tertiary/aromatic N) is 6. The van der Waals surface area contributed by atoms with Crippen LogP contribution in [0.4, 0.5) is 0 Å². The third-order valence-corrected chi connectivity index (χ3v) is 7.57. The molecule has 0 saturated carbocycles. The van der Waals surface area contributed by atoms with Crippen LogP contribution in [-0.2, 0) is 6.54 Å². The van der Waals surface area contributed by atoms with E-state index in [0.717, 1.165) is 68.2 Å². The largest absolute Gasteiger partial charge is 0.497 e. The Morgan fingerprint density at radius 2 is 1.62 bits per heavy atom. The lowest BCUT2D eigenvalue weighted by Crippen LogP contribution is -2.35. The normalized spacial score (nSPS) is 14.4. The molecule has 0 spiro atoms. The Bertz CT molecular complexity index is 1190. The van der Waals surface area contributed by atoms with Crippen LogP contribution >= 0.6 is 0 Å². The van der Waals surface area contributed by atoms with Crippen LogP contribution in [0, 0.1) is 11.8 Å². The number of carbonyl (C=O) groups is 1. The summed E-state index contributed by atoms with van der Waals surface area (Å²) in [7, 11) is 1.67. The molecule has 39 heavy (non-hydrogen) atoms. The van der Waals surface area contributed by atoms with Gasteiger partial charge < -0.3 is 19.1 Å². The van der Waals surface area contributed by atoms with E-state index in [0.29, 0.717) is 17.4 Å². The van der Waals surface area contributed by atoms with Gasteiger partial charge >= 0.3 is 0 Å². The topological polar surface area (TPSA) is 76.4 Å². The molecule has 0 aliphatic carbocycles. The summed E-state index contributed by atoms with van der Waals surface area (Å²) in [5.74, 6) is 2.87. The van der Waals surface area contributed by atoms with E-state index in [1.807, 2.05) is 29.2 Å². The Kier molecular flexibility index (Phi) is 10.3. The molecule has 3 aromatic rings. The molecule has 0 N–H and O–H groups in total. The van der Waals surface area contributed by atoms with Crippen molar-refractivity contribution in [3.05, 3.63) is 36.3 Å². The summed E-state index contributed by atoms with van der Waals surface area (Å²) >= 11 is 0. The molecule has 212 valence electrons. The van der Waals surface area contributed by atoms with Crippen molar-refractivity contribution in [3.8, 4) is 17.1 Å². The Balaban J connectivity index is 1.64. The number of rotatable bonds is 13. The number of amides is 1. The van der Waals surface area contributed by atoms with Gasteiger partial charge in [0.2, 0.25) is 5.82 Å². The van der Waals surface area contributed by atoms with Gasteiger partial charge in [-0.15, -0.1) is 0 Å². The molecular formula is C31H46N6O2. The molecule has 1 amide bonds. The smallest absolute Gasteiger partial charge is 0.291 e. The molecule has 8 nitrogen and oxygen atoms in total. The zero-order valence-corrected chi connectivity index (χ0v) is 24.5. The predicted octanol–water partition coefficient (Wildman–Crippen LogP) is 5.91. The molecular weight excluding hydrogens is 488 g/mol. The fraction of sp³-hybridized carbons (Fsp3) is 0.613. The van der Waals surface area contributed by atoms with Crippen molar-refractivity contribution < 1.29 is 9.53 Å². The second kappa shape index (κ2) is 13.9. The maximum atomic E-state index is 13.6. The van der Waals surface area contributed by atoms with Gasteiger partial charge in [-0.3, -0.25) is 4.79 Å². The number of likely N-dealkylation sites (tertiary alicyclic amines) is 1. The second-order valence-corrected chi connectivity index (χ2v) is 11.6. The zero-order chi connectivity index (χ0) is 27.8. The van der Waals surface area contributed by atoms with Crippen LogP contribution in [0.15, 0.2) is 30.5 Å². The van der Waals surface area contributed by atoms with Crippen molar-refractivity contribution in [2.24, 2.45) is 11.8 Å². The number of aryl methyl sites for hydroxylation is 1. The maximum Gasteiger partial charge on any atom is 0.291 e. The van der Waals surface area contributed by atoms with E-state index in [4.69, 9.17) is 14.7 Å². The van der Waals surface area contributed by atoms with Crippen molar-refractivity contribution in [2.75, 3.05) is 39.8 Å². The van der Waals surface area contributed by atoms with Crippen LogP contribution in [0.2, 0.25) is 0 Å². The second-order valence-electron chi connectivity index (χ2n) is 11.6. The summed E-state index contributed by atoms with van der Waals surface area (Å²) in [5, 5.41) is 0. The van der Waals surface area contributed by atoms with Gasteiger partial charge in [0.25, 0.3) is 5.91 Å². The fourth-order valence-corrected chi connectivity index (χ4v) is 5.11. The minimum absolute atomic E-state index is 0.0923. The number of carbonyl (C=O) groups excluding carboxylic acids is 1. The van der Waals surface area contributed by atoms with Gasteiger partial charge in [-0.2, -0.15) is 0 Å². The maximum absolute atomic E-state index is 13.6. The van der Waals surface area contributed by atoms with E-state index >= 15 is 0 Å². The van der Waals surface area contributed by atoms with Crippen molar-refractivity contribution in [2.45, 2.75) is 72.8 Å². The lowest BCUT2D eigenvalue weighted by Gasteiger charge is -2.26. The molecule has 0 unspecified atom stereocenters. The molecule has 1 aromatic carbocycles. The van der Waals surface area contributed by atoms with E-state index in [2.05, 4.69) is 42.1 Å². The highest BCUT2D eigenvalue weighted by atomic mass is 16.5. The number of piperidine rings is 1. The summed E-state index contributed by atoms with van der Waals surface area (Å²) < 4.78 is 7.54. The summed E-state index contributed by atoms with van der Waals surface area (Å²) in [6, 6.07) is 7.96. The van der Waals surface area contributed by atoms with Crippen LogP contribution < -0.4 is 4.74 Å². The predicted molar refractivity (Wildman–Crippen MR) is 157 cm³/mol. The average Bonchev–Trinajstić information content (AvgIpc) is 3.30. The minimum Gasteiger partial charge on any atom is -0.497 e. The van der Waals surface area contributed by atoms with Crippen LogP contribution in [-0.4, -0.2) is 75.1 Å². The number of benzene rings is 1. The van der Waals surface area contributed by atoms with E-state index in [1.165, 1.54) is 32.4 Å². The quantitative estimate of drug-likeness (QED) is 0.271. The third-order valence-electron chi connectivity index (χ3n) is 7.57. The van der Waals surface area contributed by atoms with Crippen LogP contribution in [0.25, 0.3) is 22.6 Å². The Morgan fingerprint density at radius 1 is 0.949 bits per heavy atom. The molecule has 1 aliphatic rings. The van der Waals surface area contributed by atoms with E-state index in [1.54, 1.807) is 13.3 Å². The first-order chi connectivity index (χ1) is 18.9. The van der Waals surface area contributed by atoms with Crippen molar-refractivity contribution in [1.82, 2.24) is 29.3 Å². The highest BCUT2D eigenvalue weighted by Crippen LogP contribution is 2.26. The van der Waals surface area contributed by atoms with E-state index in [-0.39, 0.29) is 11.7 Å². The van der Waals surface area contributed by atoms with E-state index in [9.17, 15) is 4.79 Å². The van der Waals surface area contributed by atoms with Gasteiger partial charge in [-0.05, 0) is 87.8 Å². The molecule has 0 bridgehead atoms. The number of methoxy groups -OCH3 is 1. The van der Waals surface area contributed by atoms with E-state index < -0.39 is 0 Å². The number of aromatic nitrogens is 4. The summed E-state index contributed by atoms with van der Waals surface area (Å²) in [4.78, 5) is 32.4. The van der Waals surface area contributed by atoms with Gasteiger partial charge in [0.15, 0.2) is 5.65 Å². The molecule has 1 saturated heterocycles. The molecule has 1 fully saturated rings. The van der Waals surface area contributed by atoms with Gasteiger partial charge in [0.1, 0.15) is 17.1 Å². The van der Waals surface area contributed by atoms with Gasteiger partial charge in [0, 0.05) is 25.2 Å². The number of imidazole rings is 1. The highest BCUT2D eigenvalue weighted by molar-refractivity contribution is 5.92. The third kappa shape index (κ3) is 7.78. The molecule has 2 aromatic heterocycles. The SMILES string of the molecule is COc1ccc(-c2nc3cnc(C(=O)N(CCC(C)C)CCC(C)C)nc3n2CCCN2CCCCC2)cc1. The first-order valence-electron chi connectivity index (χ1n) is 14.7. The number of hydrogen-bond acceptors (Lipinski definition) is 6. The monoisotopic (exact) mass is 534 g/mol. The lowest BCUT2D eigenvalue weighted by molar-refractivity contribution is 0.0728. The lowest BCUT2D eigenvalue weighted by atomic mass is 10.1. The van der Waals surface area contributed by atoms with Gasteiger partial charge in [0.05, 0.1) is 13.3 Å². The standard InChI is InChI=1S/C31H46N6O2/c1-23(2)14-20-36(21-15-24(3)4)31(38)28-32-22-27-30(34-28)37(19-9-18-35-16-7-6-8-17-35)29(33-27)25-10-12-26(39-5)13-11-25/h10-13,22-24H,6-9,14-21H2,1-5H3. The molecule has 0 radical (unpaired) electrons. The summed E-state index contributed by atoms with van der Waals surface area (Å²) in [6.45, 7) is 14.4.